The number of aliphatic hydroxyl groups is 1. The second-order valence-corrected chi connectivity index (χ2v) is 12.2. The van der Waals surface area contributed by atoms with E-state index in [1.807, 2.05) is 6.08 Å². The van der Waals surface area contributed by atoms with Crippen LogP contribution in [0, 0.1) is 52.3 Å². The fourth-order valence-electron chi connectivity index (χ4n) is 7.99. The zero-order valence-corrected chi connectivity index (χ0v) is 20.2. The van der Waals surface area contributed by atoms with Crippen LogP contribution in [0.3, 0.4) is 0 Å². The van der Waals surface area contributed by atoms with Gasteiger partial charge in [-0.3, -0.25) is 4.79 Å². The van der Waals surface area contributed by atoms with Crippen LogP contribution in [-0.4, -0.2) is 17.0 Å². The fourth-order valence-corrected chi connectivity index (χ4v) is 7.99. The molecular weight excluding hydrogens is 368 g/mol. The monoisotopic (exact) mass is 412 g/mol. The lowest BCUT2D eigenvalue weighted by atomic mass is 9.46. The van der Waals surface area contributed by atoms with Gasteiger partial charge in [-0.25, -0.2) is 0 Å². The van der Waals surface area contributed by atoms with E-state index in [1.165, 1.54) is 31.3 Å². The summed E-state index contributed by atoms with van der Waals surface area (Å²) in [4.78, 5) is 13.4. The Morgan fingerprint density at radius 3 is 2.43 bits per heavy atom. The van der Waals surface area contributed by atoms with Gasteiger partial charge in [-0.05, 0) is 97.4 Å². The first-order valence-electron chi connectivity index (χ1n) is 12.7. The fraction of sp³-hybridized carbons (Fsp3) is 0.821. The average Bonchev–Trinajstić information content (AvgIpc) is 3.04. The molecule has 0 amide bonds. The molecule has 1 N–H and O–H groups in total. The van der Waals surface area contributed by atoms with Crippen LogP contribution in [-0.2, 0) is 4.79 Å². The van der Waals surface area contributed by atoms with Gasteiger partial charge in [-0.2, -0.15) is 0 Å². The number of ketones is 1. The van der Waals surface area contributed by atoms with E-state index in [0.29, 0.717) is 47.7 Å². The predicted molar refractivity (Wildman–Crippen MR) is 124 cm³/mol. The van der Waals surface area contributed by atoms with Crippen molar-refractivity contribution in [3.8, 4) is 0 Å². The van der Waals surface area contributed by atoms with Crippen LogP contribution in [0.15, 0.2) is 23.8 Å². The number of aliphatic hydroxyl groups excluding tert-OH is 1. The van der Waals surface area contributed by atoms with Crippen LogP contribution in [0.1, 0.15) is 86.5 Å². The summed E-state index contributed by atoms with van der Waals surface area (Å²) in [6, 6.07) is 0. The zero-order valence-electron chi connectivity index (χ0n) is 20.2. The third kappa shape index (κ3) is 3.46. The lowest BCUT2D eigenvalue weighted by molar-refractivity contribution is -0.134. The molecule has 0 aromatic carbocycles. The Kier molecular flexibility index (Phi) is 5.88. The summed E-state index contributed by atoms with van der Waals surface area (Å²) in [6.07, 6.45) is 14.2. The van der Waals surface area contributed by atoms with Crippen molar-refractivity contribution in [1.82, 2.24) is 0 Å². The Balaban J connectivity index is 1.58. The van der Waals surface area contributed by atoms with Crippen LogP contribution in [0.2, 0.25) is 0 Å². The van der Waals surface area contributed by atoms with E-state index in [-0.39, 0.29) is 22.9 Å². The van der Waals surface area contributed by atoms with Crippen LogP contribution >= 0.6 is 0 Å². The largest absolute Gasteiger partial charge is 0.393 e. The van der Waals surface area contributed by atoms with Gasteiger partial charge >= 0.3 is 0 Å². The molecule has 4 rings (SSSR count). The molecule has 4 aliphatic rings. The van der Waals surface area contributed by atoms with Gasteiger partial charge < -0.3 is 5.11 Å². The number of hydrogen-bond donors (Lipinski definition) is 1. The summed E-state index contributed by atoms with van der Waals surface area (Å²) in [6.45, 7) is 14.3. The number of carbonyl (C=O) groups excluding carboxylic acids is 1. The van der Waals surface area contributed by atoms with E-state index < -0.39 is 0 Å². The lowest BCUT2D eigenvalue weighted by Crippen LogP contribution is -2.53. The molecule has 6 unspecified atom stereocenters. The first-order valence-corrected chi connectivity index (χ1v) is 12.7. The normalized spacial score (nSPS) is 45.7. The van der Waals surface area contributed by atoms with Gasteiger partial charge in [0.05, 0.1) is 6.10 Å². The van der Waals surface area contributed by atoms with Crippen molar-refractivity contribution in [1.29, 1.82) is 0 Å². The Labute approximate surface area is 184 Å². The van der Waals surface area contributed by atoms with Crippen molar-refractivity contribution in [3.63, 3.8) is 0 Å². The van der Waals surface area contributed by atoms with Crippen LogP contribution in [0.4, 0.5) is 0 Å². The third-order valence-corrected chi connectivity index (χ3v) is 10.4. The number of fused-ring (bicyclic) bond motifs is 5. The maximum Gasteiger partial charge on any atom is 0.159 e. The molecule has 0 aliphatic heterocycles. The SMILES string of the molecule is CC(C)[C@@H](C)/C=C/[C@@H](C)[C@H]1CCC2C3C(=O)C=C4CC(O)CCC4(C)C3CCC21C. The summed E-state index contributed by atoms with van der Waals surface area (Å²) in [5.41, 5.74) is 1.68. The molecule has 2 nitrogen and oxygen atoms in total. The second-order valence-electron chi connectivity index (χ2n) is 12.2. The highest BCUT2D eigenvalue weighted by Gasteiger charge is 2.61. The maximum absolute atomic E-state index is 13.4. The zero-order chi connectivity index (χ0) is 21.8. The van der Waals surface area contributed by atoms with Crippen molar-refractivity contribution in [2.45, 2.75) is 92.6 Å². The van der Waals surface area contributed by atoms with E-state index >= 15 is 0 Å². The number of allylic oxidation sites excluding steroid dienone is 3. The second kappa shape index (κ2) is 7.91. The van der Waals surface area contributed by atoms with Gasteiger partial charge in [0.2, 0.25) is 0 Å². The minimum Gasteiger partial charge on any atom is -0.393 e. The summed E-state index contributed by atoms with van der Waals surface area (Å²) in [5.74, 6) is 4.21. The summed E-state index contributed by atoms with van der Waals surface area (Å²) in [7, 11) is 0. The predicted octanol–water partition coefficient (Wildman–Crippen LogP) is 6.59. The number of hydrogen-bond acceptors (Lipinski definition) is 2. The molecule has 0 bridgehead atoms. The minimum absolute atomic E-state index is 0.134. The van der Waals surface area contributed by atoms with Gasteiger partial charge in [0.1, 0.15) is 0 Å². The standard InChI is InChI=1S/C28H44O2/c1-17(2)18(3)7-8-19(4)22-9-10-23-26-24(12-14-28(22,23)6)27(5)13-11-21(29)15-20(27)16-25(26)30/h7-8,16-19,21-24,26,29H,9-15H2,1-6H3/b8-7+/t18-,19+,21?,22+,23?,24?,26?,27?,28?/m0/s1. The summed E-state index contributed by atoms with van der Waals surface area (Å²) < 4.78 is 0. The van der Waals surface area contributed by atoms with Gasteiger partial charge in [0, 0.05) is 5.92 Å². The Hall–Kier alpha value is -0.890. The molecular formula is C28H44O2. The van der Waals surface area contributed by atoms with Gasteiger partial charge in [-0.1, -0.05) is 59.3 Å². The highest BCUT2D eigenvalue weighted by molar-refractivity contribution is 5.94. The molecule has 3 fully saturated rings. The maximum atomic E-state index is 13.4. The first-order chi connectivity index (χ1) is 14.1. The molecule has 0 heterocycles. The minimum atomic E-state index is -0.251. The van der Waals surface area contributed by atoms with Crippen molar-refractivity contribution >= 4 is 5.78 Å². The Morgan fingerprint density at radius 1 is 1.00 bits per heavy atom. The average molecular weight is 413 g/mol. The van der Waals surface area contributed by atoms with E-state index in [0.717, 1.165) is 12.8 Å². The van der Waals surface area contributed by atoms with E-state index in [9.17, 15) is 9.90 Å². The van der Waals surface area contributed by atoms with Gasteiger partial charge in [0.25, 0.3) is 0 Å². The smallest absolute Gasteiger partial charge is 0.159 e. The van der Waals surface area contributed by atoms with Crippen molar-refractivity contribution < 1.29 is 9.90 Å². The molecule has 3 saturated carbocycles. The molecule has 9 atom stereocenters. The van der Waals surface area contributed by atoms with Crippen LogP contribution < -0.4 is 0 Å². The summed E-state index contributed by atoms with van der Waals surface area (Å²) in [5, 5.41) is 10.2. The van der Waals surface area contributed by atoms with E-state index in [4.69, 9.17) is 0 Å². The van der Waals surface area contributed by atoms with Crippen LogP contribution in [0.25, 0.3) is 0 Å². The highest BCUT2D eigenvalue weighted by atomic mass is 16.3. The number of rotatable bonds is 4. The molecule has 30 heavy (non-hydrogen) atoms. The molecule has 4 aliphatic carbocycles. The molecule has 0 spiro atoms. The lowest BCUT2D eigenvalue weighted by Gasteiger charge is -2.57. The Morgan fingerprint density at radius 2 is 1.73 bits per heavy atom. The quantitative estimate of drug-likeness (QED) is 0.529. The van der Waals surface area contributed by atoms with E-state index in [1.54, 1.807) is 0 Å². The topological polar surface area (TPSA) is 37.3 Å². The van der Waals surface area contributed by atoms with Crippen molar-refractivity contribution in [3.05, 3.63) is 23.8 Å². The van der Waals surface area contributed by atoms with Crippen molar-refractivity contribution in [2.24, 2.45) is 52.3 Å². The molecule has 0 aromatic heterocycles. The Bertz CT molecular complexity index is 733. The first kappa shape index (κ1) is 22.3. The van der Waals surface area contributed by atoms with Gasteiger partial charge in [-0.15, -0.1) is 0 Å². The van der Waals surface area contributed by atoms with E-state index in [2.05, 4.69) is 53.7 Å². The summed E-state index contributed by atoms with van der Waals surface area (Å²) >= 11 is 0. The molecule has 0 aromatic rings. The van der Waals surface area contributed by atoms with Gasteiger partial charge in [0.15, 0.2) is 5.78 Å². The molecule has 0 saturated heterocycles. The van der Waals surface area contributed by atoms with Crippen LogP contribution in [0.5, 0.6) is 0 Å². The third-order valence-electron chi connectivity index (χ3n) is 10.4. The number of carbonyl (C=O) groups is 1. The molecule has 168 valence electrons. The highest BCUT2D eigenvalue weighted by Crippen LogP contribution is 2.66. The van der Waals surface area contributed by atoms with Crippen molar-refractivity contribution in [2.75, 3.05) is 0 Å². The molecule has 2 heteroatoms. The molecule has 0 radical (unpaired) electrons.